The Kier molecular flexibility index (Phi) is 6.07. The first kappa shape index (κ1) is 23.7. The van der Waals surface area contributed by atoms with E-state index in [2.05, 4.69) is 4.98 Å². The number of ether oxygens (including phenoxy) is 1. The van der Waals surface area contributed by atoms with Gasteiger partial charge in [-0.05, 0) is 61.0 Å². The molecule has 4 aromatic rings. The van der Waals surface area contributed by atoms with Crippen LogP contribution in [0, 0.1) is 12.7 Å². The molecule has 4 nitrogen and oxygen atoms in total. The van der Waals surface area contributed by atoms with E-state index in [-0.39, 0.29) is 44.2 Å². The molecule has 0 aliphatic heterocycles. The van der Waals surface area contributed by atoms with Gasteiger partial charge in [0.1, 0.15) is 17.3 Å². The number of para-hydroxylation sites is 1. The molecule has 34 heavy (non-hydrogen) atoms. The molecule has 0 bridgehead atoms. The van der Waals surface area contributed by atoms with E-state index in [4.69, 9.17) is 4.74 Å². The second-order valence-electron chi connectivity index (χ2n) is 7.63. The minimum atomic E-state index is -4.62. The van der Waals surface area contributed by atoms with E-state index in [0.717, 1.165) is 12.1 Å². The Bertz CT molecular complexity index is 1500. The molecule has 4 rings (SSSR count). The number of aryl methyl sites for hydroxylation is 1. The summed E-state index contributed by atoms with van der Waals surface area (Å²) in [6.07, 6.45) is -4.62. The molecule has 0 radical (unpaired) electrons. The van der Waals surface area contributed by atoms with E-state index in [0.29, 0.717) is 5.69 Å². The van der Waals surface area contributed by atoms with Crippen LogP contribution in [0.5, 0.6) is 11.5 Å². The summed E-state index contributed by atoms with van der Waals surface area (Å²) in [5, 5.41) is 0.146. The Morgan fingerprint density at radius 2 is 1.62 bits per heavy atom. The topological polar surface area (TPSA) is 56.3 Å². The number of rotatable bonds is 5. The zero-order chi connectivity index (χ0) is 24.7. The van der Waals surface area contributed by atoms with Crippen molar-refractivity contribution in [3.8, 4) is 22.6 Å². The van der Waals surface area contributed by atoms with Crippen LogP contribution in [-0.4, -0.2) is 19.2 Å². The molecule has 9 heteroatoms. The highest BCUT2D eigenvalue weighted by Gasteiger charge is 2.33. The second-order valence-corrected chi connectivity index (χ2v) is 9.91. The number of sulfone groups is 1. The lowest BCUT2D eigenvalue weighted by Gasteiger charge is -2.15. The molecule has 1 heterocycles. The molecule has 0 atom stereocenters. The van der Waals surface area contributed by atoms with Crippen LogP contribution in [0.4, 0.5) is 17.6 Å². The van der Waals surface area contributed by atoms with Gasteiger partial charge >= 0.3 is 6.18 Å². The van der Waals surface area contributed by atoms with Crippen LogP contribution < -0.4 is 4.74 Å². The molecule has 0 aliphatic carbocycles. The number of fused-ring (bicyclic) bond motifs is 1. The maximum Gasteiger partial charge on any atom is 0.418 e. The third-order valence-electron chi connectivity index (χ3n) is 5.28. The van der Waals surface area contributed by atoms with E-state index in [1.54, 1.807) is 6.07 Å². The zero-order valence-corrected chi connectivity index (χ0v) is 19.0. The second kappa shape index (κ2) is 8.72. The third-order valence-corrected chi connectivity index (χ3v) is 7.01. The number of halogens is 4. The molecule has 176 valence electrons. The number of benzene rings is 3. The van der Waals surface area contributed by atoms with Crippen LogP contribution in [0.3, 0.4) is 0 Å². The quantitative estimate of drug-likeness (QED) is 0.285. The normalized spacial score (nSPS) is 12.2. The minimum absolute atomic E-state index is 0.0321. The predicted molar refractivity (Wildman–Crippen MR) is 121 cm³/mol. The fourth-order valence-corrected chi connectivity index (χ4v) is 4.55. The van der Waals surface area contributed by atoms with Gasteiger partial charge in [0.25, 0.3) is 0 Å². The summed E-state index contributed by atoms with van der Waals surface area (Å²) in [6.45, 7) is 3.06. The van der Waals surface area contributed by atoms with Crippen LogP contribution in [0.15, 0.2) is 71.6 Å². The van der Waals surface area contributed by atoms with E-state index in [1.165, 1.54) is 62.4 Å². The molecular formula is C25H19F4NO3S. The van der Waals surface area contributed by atoms with Gasteiger partial charge in [0.05, 0.1) is 21.7 Å². The van der Waals surface area contributed by atoms with Gasteiger partial charge in [0.2, 0.25) is 0 Å². The Hall–Kier alpha value is -3.46. The van der Waals surface area contributed by atoms with Gasteiger partial charge in [-0.3, -0.25) is 4.98 Å². The van der Waals surface area contributed by atoms with E-state index in [1.807, 2.05) is 0 Å². The Balaban J connectivity index is 1.82. The molecule has 0 unspecified atom stereocenters. The number of hydrogen-bond acceptors (Lipinski definition) is 4. The van der Waals surface area contributed by atoms with Crippen molar-refractivity contribution >= 4 is 20.7 Å². The SMILES string of the molecule is CCS(=O)(=O)c1cccc(Oc2ccc(F)c(-c3cc(C)nc4c(C(F)(F)F)cccc34)c2)c1. The van der Waals surface area contributed by atoms with Crippen molar-refractivity contribution in [2.45, 2.75) is 24.9 Å². The fourth-order valence-electron chi connectivity index (χ4n) is 3.64. The van der Waals surface area contributed by atoms with Crippen molar-refractivity contribution < 1.29 is 30.7 Å². The van der Waals surface area contributed by atoms with Crippen molar-refractivity contribution in [2.24, 2.45) is 0 Å². The first-order valence-corrected chi connectivity index (χ1v) is 11.9. The monoisotopic (exact) mass is 489 g/mol. The summed E-state index contributed by atoms with van der Waals surface area (Å²) in [5.74, 6) is -0.316. The largest absolute Gasteiger partial charge is 0.457 e. The van der Waals surface area contributed by atoms with E-state index >= 15 is 0 Å². The van der Waals surface area contributed by atoms with Crippen molar-refractivity contribution in [1.82, 2.24) is 4.98 Å². The zero-order valence-electron chi connectivity index (χ0n) is 18.2. The Morgan fingerprint density at radius 1 is 0.912 bits per heavy atom. The standard InChI is InChI=1S/C25H19F4NO3S/c1-3-34(31,32)18-7-4-6-16(13-18)33-17-10-11-23(26)21(14-17)20-12-15(2)30-24-19(20)8-5-9-22(24)25(27,28)29/h4-14H,3H2,1-2H3. The van der Waals surface area contributed by atoms with Crippen LogP contribution >= 0.6 is 0 Å². The molecule has 0 N–H and O–H groups in total. The fraction of sp³-hybridized carbons (Fsp3) is 0.160. The molecule has 0 amide bonds. The molecular weight excluding hydrogens is 470 g/mol. The van der Waals surface area contributed by atoms with Gasteiger partial charge in [-0.2, -0.15) is 13.2 Å². The minimum Gasteiger partial charge on any atom is -0.457 e. The third kappa shape index (κ3) is 4.61. The molecule has 0 aliphatic rings. The molecule has 1 aromatic heterocycles. The molecule has 0 saturated carbocycles. The molecule has 3 aromatic carbocycles. The van der Waals surface area contributed by atoms with Crippen molar-refractivity contribution in [3.63, 3.8) is 0 Å². The van der Waals surface area contributed by atoms with Gasteiger partial charge in [-0.1, -0.05) is 25.1 Å². The smallest absolute Gasteiger partial charge is 0.418 e. The van der Waals surface area contributed by atoms with Gasteiger partial charge in [-0.15, -0.1) is 0 Å². The van der Waals surface area contributed by atoms with E-state index in [9.17, 15) is 26.0 Å². The summed E-state index contributed by atoms with van der Waals surface area (Å²) in [7, 11) is -3.45. The first-order valence-electron chi connectivity index (χ1n) is 10.3. The highest BCUT2D eigenvalue weighted by molar-refractivity contribution is 7.91. The summed E-state index contributed by atoms with van der Waals surface area (Å²) in [6, 6.07) is 14.9. The Morgan fingerprint density at radius 3 is 2.32 bits per heavy atom. The summed E-state index contributed by atoms with van der Waals surface area (Å²) in [4.78, 5) is 4.15. The van der Waals surface area contributed by atoms with Crippen molar-refractivity contribution in [1.29, 1.82) is 0 Å². The highest BCUT2D eigenvalue weighted by atomic mass is 32.2. The van der Waals surface area contributed by atoms with E-state index < -0.39 is 27.4 Å². The maximum atomic E-state index is 14.9. The lowest BCUT2D eigenvalue weighted by atomic mass is 9.97. The number of hydrogen-bond donors (Lipinski definition) is 0. The number of pyridine rings is 1. The lowest BCUT2D eigenvalue weighted by Crippen LogP contribution is -2.07. The van der Waals surface area contributed by atoms with Crippen LogP contribution in [0.25, 0.3) is 22.0 Å². The average Bonchev–Trinajstić information content (AvgIpc) is 2.79. The summed E-state index contributed by atoms with van der Waals surface area (Å²) >= 11 is 0. The van der Waals surface area contributed by atoms with Crippen LogP contribution in [0.1, 0.15) is 18.2 Å². The molecule has 0 fully saturated rings. The molecule has 0 spiro atoms. The van der Waals surface area contributed by atoms with Gasteiger partial charge in [0, 0.05) is 16.6 Å². The van der Waals surface area contributed by atoms with Gasteiger partial charge in [-0.25, -0.2) is 12.8 Å². The first-order chi connectivity index (χ1) is 16.0. The summed E-state index contributed by atoms with van der Waals surface area (Å²) < 4.78 is 85.6. The number of aromatic nitrogens is 1. The average molecular weight is 489 g/mol. The number of nitrogens with zero attached hydrogens (tertiary/aromatic N) is 1. The van der Waals surface area contributed by atoms with Crippen LogP contribution in [-0.2, 0) is 16.0 Å². The van der Waals surface area contributed by atoms with Gasteiger partial charge in [0.15, 0.2) is 9.84 Å². The lowest BCUT2D eigenvalue weighted by molar-refractivity contribution is -0.136. The molecule has 0 saturated heterocycles. The maximum absolute atomic E-state index is 14.9. The van der Waals surface area contributed by atoms with Crippen molar-refractivity contribution in [2.75, 3.05) is 5.75 Å². The predicted octanol–water partition coefficient (Wildman–Crippen LogP) is 6.95. The number of alkyl halides is 3. The highest BCUT2D eigenvalue weighted by Crippen LogP contribution is 2.39. The summed E-state index contributed by atoms with van der Waals surface area (Å²) in [5.41, 5.74) is -0.615. The van der Waals surface area contributed by atoms with Gasteiger partial charge < -0.3 is 4.74 Å². The van der Waals surface area contributed by atoms with Crippen molar-refractivity contribution in [3.05, 3.63) is 83.8 Å². The van der Waals surface area contributed by atoms with Crippen LogP contribution in [0.2, 0.25) is 0 Å². The Labute approximate surface area is 193 Å².